The molecule has 2 heteroatoms. The summed E-state index contributed by atoms with van der Waals surface area (Å²) in [5.41, 5.74) is 0. The van der Waals surface area contributed by atoms with Crippen LogP contribution in [-0.2, 0) is 9.53 Å². The van der Waals surface area contributed by atoms with Gasteiger partial charge in [-0.05, 0) is 0 Å². The van der Waals surface area contributed by atoms with E-state index in [0.717, 1.165) is 0 Å². The van der Waals surface area contributed by atoms with Crippen LogP contribution in [0, 0.1) is 0 Å². The molecule has 0 bridgehead atoms. The Balaban J connectivity index is -0.000000125. The van der Waals surface area contributed by atoms with Gasteiger partial charge in [-0.3, -0.25) is 4.79 Å². The molecule has 52 valence electrons. The van der Waals surface area contributed by atoms with E-state index in [1.54, 1.807) is 6.92 Å². The van der Waals surface area contributed by atoms with Crippen LogP contribution in [0.4, 0.5) is 0 Å². The second-order valence-corrected chi connectivity index (χ2v) is 0.930. The van der Waals surface area contributed by atoms with Crippen LogP contribution in [0.25, 0.3) is 0 Å². The van der Waals surface area contributed by atoms with E-state index < -0.39 is 0 Å². The molecule has 0 aliphatic carbocycles. The van der Waals surface area contributed by atoms with Gasteiger partial charge in [0.1, 0.15) is 0 Å². The van der Waals surface area contributed by atoms with Gasteiger partial charge in [-0.1, -0.05) is 21.8 Å². The average Bonchev–Trinajstić information content (AvgIpc) is 1.65. The van der Waals surface area contributed by atoms with Crippen molar-refractivity contribution < 1.29 is 9.53 Å². The predicted molar refractivity (Wildman–Crippen MR) is 35.8 cm³/mol. The van der Waals surface area contributed by atoms with Gasteiger partial charge in [0, 0.05) is 6.42 Å². The molecule has 0 aliphatic rings. The van der Waals surface area contributed by atoms with E-state index in [2.05, 4.69) is 4.74 Å². The van der Waals surface area contributed by atoms with Crippen LogP contribution in [0.15, 0.2) is 0 Å². The molecule has 0 spiro atoms. The molecular formula is C6H16O2. The normalized spacial score (nSPS) is 5.75. The lowest BCUT2D eigenvalue weighted by Crippen LogP contribution is -1.94. The lowest BCUT2D eigenvalue weighted by atomic mass is 10.5. The van der Waals surface area contributed by atoms with Gasteiger partial charge in [-0.25, -0.2) is 0 Å². The first-order valence-electron chi connectivity index (χ1n) is 1.88. The van der Waals surface area contributed by atoms with Crippen molar-refractivity contribution in [1.82, 2.24) is 0 Å². The second kappa shape index (κ2) is 9.69. The highest BCUT2D eigenvalue weighted by molar-refractivity contribution is 5.68. The predicted octanol–water partition coefficient (Wildman–Crippen LogP) is 1.84. The van der Waals surface area contributed by atoms with Gasteiger partial charge >= 0.3 is 5.97 Å². The van der Waals surface area contributed by atoms with Crippen molar-refractivity contribution in [2.24, 2.45) is 0 Å². The molecule has 0 aliphatic heterocycles. The zero-order chi connectivity index (χ0) is 4.99. The fourth-order valence-electron chi connectivity index (χ4n) is 0.144. The molecule has 0 fully saturated rings. The maximum Gasteiger partial charge on any atom is 0.305 e. The summed E-state index contributed by atoms with van der Waals surface area (Å²) in [6, 6.07) is 0. The van der Waals surface area contributed by atoms with Crippen LogP contribution in [0.1, 0.15) is 28.2 Å². The molecular weight excluding hydrogens is 104 g/mol. The summed E-state index contributed by atoms with van der Waals surface area (Å²) in [6.45, 7) is 1.76. The van der Waals surface area contributed by atoms with Gasteiger partial charge in [0.2, 0.25) is 0 Å². The first-order valence-corrected chi connectivity index (χ1v) is 1.88. The lowest BCUT2D eigenvalue weighted by molar-refractivity contribution is -0.140. The molecule has 0 aromatic rings. The smallest absolute Gasteiger partial charge is 0.305 e. The van der Waals surface area contributed by atoms with Crippen LogP contribution in [0.3, 0.4) is 0 Å². The van der Waals surface area contributed by atoms with E-state index in [9.17, 15) is 4.79 Å². The summed E-state index contributed by atoms with van der Waals surface area (Å²) in [5, 5.41) is 0. The van der Waals surface area contributed by atoms with Crippen molar-refractivity contribution in [3.63, 3.8) is 0 Å². The molecule has 0 amide bonds. The van der Waals surface area contributed by atoms with Gasteiger partial charge < -0.3 is 4.74 Å². The monoisotopic (exact) mass is 120 g/mol. The van der Waals surface area contributed by atoms with E-state index in [1.165, 1.54) is 7.11 Å². The number of rotatable bonds is 1. The molecule has 0 aromatic carbocycles. The Bertz CT molecular complexity index is 44.5. The van der Waals surface area contributed by atoms with Gasteiger partial charge in [0.15, 0.2) is 0 Å². The molecule has 0 saturated carbocycles. The molecule has 0 unspecified atom stereocenters. The molecule has 0 N–H and O–H groups in total. The third-order valence-electron chi connectivity index (χ3n) is 0.516. The Kier molecular flexibility index (Phi) is 19.0. The number of esters is 1. The van der Waals surface area contributed by atoms with E-state index in [-0.39, 0.29) is 20.8 Å². The Hall–Kier alpha value is -0.530. The van der Waals surface area contributed by atoms with Gasteiger partial charge in [-0.15, -0.1) is 0 Å². The van der Waals surface area contributed by atoms with Gasteiger partial charge in [0.25, 0.3) is 0 Å². The Morgan fingerprint density at radius 2 is 1.88 bits per heavy atom. The summed E-state index contributed by atoms with van der Waals surface area (Å²) in [4.78, 5) is 9.96. The van der Waals surface area contributed by atoms with Crippen LogP contribution in [0.2, 0.25) is 0 Å². The number of methoxy groups -OCH3 is 1. The van der Waals surface area contributed by atoms with Crippen molar-refractivity contribution in [3.8, 4) is 0 Å². The molecule has 0 rings (SSSR count). The fourth-order valence-corrected chi connectivity index (χ4v) is 0.144. The Morgan fingerprint density at radius 1 is 1.50 bits per heavy atom. The molecule has 8 heavy (non-hydrogen) atoms. The second-order valence-electron chi connectivity index (χ2n) is 0.930. The third kappa shape index (κ3) is 9.08. The fraction of sp³-hybridized carbons (Fsp3) is 0.833. The zero-order valence-corrected chi connectivity index (χ0v) is 4.02. The minimum Gasteiger partial charge on any atom is -0.469 e. The van der Waals surface area contributed by atoms with Crippen molar-refractivity contribution >= 4 is 5.97 Å². The third-order valence-corrected chi connectivity index (χ3v) is 0.516. The maximum absolute atomic E-state index is 9.96. The molecule has 0 radical (unpaired) electrons. The van der Waals surface area contributed by atoms with Crippen LogP contribution in [0.5, 0.6) is 0 Å². The number of carbonyl (C=O) groups excluding carboxylic acids is 1. The zero-order valence-electron chi connectivity index (χ0n) is 4.02. The van der Waals surface area contributed by atoms with Gasteiger partial charge in [0.05, 0.1) is 7.11 Å². The number of hydrogen-bond acceptors (Lipinski definition) is 2. The summed E-state index contributed by atoms with van der Waals surface area (Å²) in [5.74, 6) is -0.157. The van der Waals surface area contributed by atoms with Crippen LogP contribution >= 0.6 is 0 Å². The highest BCUT2D eigenvalue weighted by Gasteiger charge is 1.87. The van der Waals surface area contributed by atoms with Crippen LogP contribution < -0.4 is 0 Å². The minimum absolute atomic E-state index is 0. The summed E-state index contributed by atoms with van der Waals surface area (Å²) >= 11 is 0. The first kappa shape index (κ1) is 15.6. The van der Waals surface area contributed by atoms with Crippen LogP contribution in [-0.4, -0.2) is 13.1 Å². The van der Waals surface area contributed by atoms with Crippen molar-refractivity contribution in [1.29, 1.82) is 0 Å². The average molecular weight is 120 g/mol. The number of ether oxygens (including phenoxy) is 1. The number of carbonyl (C=O) groups is 1. The standard InChI is InChI=1S/C4H8O2.2CH4/c1-3-4(5)6-2;;/h3H2,1-2H3;2*1H4. The molecule has 0 atom stereocenters. The first-order chi connectivity index (χ1) is 2.81. The SMILES string of the molecule is C.C.CCC(=O)OC. The molecule has 0 heterocycles. The summed E-state index contributed by atoms with van der Waals surface area (Å²) < 4.78 is 4.26. The topological polar surface area (TPSA) is 26.3 Å². The molecule has 0 saturated heterocycles. The van der Waals surface area contributed by atoms with Crippen molar-refractivity contribution in [3.05, 3.63) is 0 Å². The van der Waals surface area contributed by atoms with Crippen molar-refractivity contribution in [2.75, 3.05) is 7.11 Å². The minimum atomic E-state index is -0.157. The van der Waals surface area contributed by atoms with Crippen molar-refractivity contribution in [2.45, 2.75) is 28.2 Å². The van der Waals surface area contributed by atoms with E-state index in [0.29, 0.717) is 6.42 Å². The maximum atomic E-state index is 9.96. The Morgan fingerprint density at radius 3 is 1.88 bits per heavy atom. The summed E-state index contributed by atoms with van der Waals surface area (Å²) in [6.07, 6.45) is 0.469. The summed E-state index contributed by atoms with van der Waals surface area (Å²) in [7, 11) is 1.38. The molecule has 2 nitrogen and oxygen atoms in total. The van der Waals surface area contributed by atoms with Gasteiger partial charge in [-0.2, -0.15) is 0 Å². The quantitative estimate of drug-likeness (QED) is 0.493. The number of hydrogen-bond donors (Lipinski definition) is 0. The van der Waals surface area contributed by atoms with E-state index >= 15 is 0 Å². The lowest BCUT2D eigenvalue weighted by Gasteiger charge is -1.87. The van der Waals surface area contributed by atoms with E-state index in [1.807, 2.05) is 0 Å². The van der Waals surface area contributed by atoms with E-state index in [4.69, 9.17) is 0 Å². The molecule has 0 aromatic heterocycles. The largest absolute Gasteiger partial charge is 0.469 e. The Labute approximate surface area is 51.9 Å². The highest BCUT2D eigenvalue weighted by Crippen LogP contribution is 1.76. The highest BCUT2D eigenvalue weighted by atomic mass is 16.5.